The lowest BCUT2D eigenvalue weighted by Crippen LogP contribution is -2.40. The number of furan rings is 1. The van der Waals surface area contributed by atoms with Gasteiger partial charge >= 0.3 is 12.0 Å². The van der Waals surface area contributed by atoms with Crippen LogP contribution in [-0.2, 0) is 21.6 Å². The van der Waals surface area contributed by atoms with Crippen molar-refractivity contribution < 1.29 is 33.0 Å². The second-order valence-electron chi connectivity index (χ2n) is 6.27. The fourth-order valence-electron chi connectivity index (χ4n) is 3.07. The molecule has 27 heavy (non-hydrogen) atoms. The van der Waals surface area contributed by atoms with E-state index in [1.54, 1.807) is 25.1 Å². The SMILES string of the molecule is COC(=O)c1ccc(CN2C(=O)N[C@](C)(c3ccc4c(c3)OCO4)C2=O)o1. The summed E-state index contributed by atoms with van der Waals surface area (Å²) in [4.78, 5) is 37.9. The van der Waals surface area contributed by atoms with E-state index in [1.807, 2.05) is 0 Å². The number of carbonyl (C=O) groups excluding carboxylic acids is 3. The number of amides is 3. The van der Waals surface area contributed by atoms with Gasteiger partial charge in [0.25, 0.3) is 5.91 Å². The van der Waals surface area contributed by atoms with Gasteiger partial charge in [0, 0.05) is 0 Å². The number of fused-ring (bicyclic) bond motifs is 1. The van der Waals surface area contributed by atoms with Crippen LogP contribution in [0.2, 0.25) is 0 Å². The van der Waals surface area contributed by atoms with E-state index in [0.29, 0.717) is 17.1 Å². The van der Waals surface area contributed by atoms with Crippen LogP contribution in [0.1, 0.15) is 28.8 Å². The van der Waals surface area contributed by atoms with E-state index < -0.39 is 23.4 Å². The van der Waals surface area contributed by atoms with Crippen molar-refractivity contribution in [3.63, 3.8) is 0 Å². The number of carbonyl (C=O) groups is 3. The van der Waals surface area contributed by atoms with Crippen LogP contribution in [0.15, 0.2) is 34.7 Å². The molecule has 2 aliphatic heterocycles. The van der Waals surface area contributed by atoms with Crippen molar-refractivity contribution >= 4 is 17.9 Å². The fraction of sp³-hybridized carbons (Fsp3) is 0.278. The topological polar surface area (TPSA) is 107 Å². The molecule has 1 saturated heterocycles. The number of nitrogens with zero attached hydrogens (tertiary/aromatic N) is 1. The Morgan fingerprint density at radius 3 is 2.78 bits per heavy atom. The average molecular weight is 372 g/mol. The van der Waals surface area contributed by atoms with Gasteiger partial charge in [-0.25, -0.2) is 9.59 Å². The summed E-state index contributed by atoms with van der Waals surface area (Å²) in [6.45, 7) is 1.62. The molecule has 4 rings (SSSR count). The number of benzene rings is 1. The van der Waals surface area contributed by atoms with Crippen LogP contribution in [0.25, 0.3) is 0 Å². The quantitative estimate of drug-likeness (QED) is 0.644. The molecule has 140 valence electrons. The maximum absolute atomic E-state index is 13.0. The minimum Gasteiger partial charge on any atom is -0.463 e. The van der Waals surface area contributed by atoms with Crippen molar-refractivity contribution in [3.8, 4) is 11.5 Å². The third kappa shape index (κ3) is 2.67. The van der Waals surface area contributed by atoms with Crippen LogP contribution >= 0.6 is 0 Å². The van der Waals surface area contributed by atoms with Crippen molar-refractivity contribution in [2.45, 2.75) is 19.0 Å². The van der Waals surface area contributed by atoms with E-state index in [1.165, 1.54) is 19.2 Å². The first kappa shape index (κ1) is 17.0. The molecule has 2 aliphatic rings. The first-order chi connectivity index (χ1) is 12.9. The predicted octanol–water partition coefficient (Wildman–Crippen LogP) is 1.76. The third-order valence-corrected chi connectivity index (χ3v) is 4.59. The van der Waals surface area contributed by atoms with Gasteiger partial charge in [0.1, 0.15) is 11.3 Å². The highest BCUT2D eigenvalue weighted by molar-refractivity contribution is 6.07. The van der Waals surface area contributed by atoms with Crippen molar-refractivity contribution in [2.75, 3.05) is 13.9 Å². The highest BCUT2D eigenvalue weighted by Gasteiger charge is 2.49. The summed E-state index contributed by atoms with van der Waals surface area (Å²) in [5, 5.41) is 2.71. The Balaban J connectivity index is 1.58. The Morgan fingerprint density at radius 2 is 2.00 bits per heavy atom. The maximum Gasteiger partial charge on any atom is 0.373 e. The zero-order chi connectivity index (χ0) is 19.2. The zero-order valence-corrected chi connectivity index (χ0v) is 14.6. The Labute approximate surface area is 153 Å². The Kier molecular flexibility index (Phi) is 3.79. The molecule has 0 radical (unpaired) electrons. The Bertz CT molecular complexity index is 951. The van der Waals surface area contributed by atoms with E-state index in [0.717, 1.165) is 4.90 Å². The van der Waals surface area contributed by atoms with Crippen molar-refractivity contribution in [1.29, 1.82) is 0 Å². The van der Waals surface area contributed by atoms with Crippen LogP contribution in [0.4, 0.5) is 4.79 Å². The fourth-order valence-corrected chi connectivity index (χ4v) is 3.07. The summed E-state index contributed by atoms with van der Waals surface area (Å²) in [7, 11) is 1.23. The molecule has 2 aromatic rings. The number of ether oxygens (including phenoxy) is 3. The number of esters is 1. The summed E-state index contributed by atoms with van der Waals surface area (Å²) < 4.78 is 20.5. The lowest BCUT2D eigenvalue weighted by Gasteiger charge is -2.22. The maximum atomic E-state index is 13.0. The van der Waals surface area contributed by atoms with Gasteiger partial charge in [-0.1, -0.05) is 6.07 Å². The number of hydrogen-bond acceptors (Lipinski definition) is 7. The number of rotatable bonds is 4. The first-order valence-electron chi connectivity index (χ1n) is 8.13. The molecular weight excluding hydrogens is 356 g/mol. The van der Waals surface area contributed by atoms with Crippen LogP contribution < -0.4 is 14.8 Å². The summed E-state index contributed by atoms with van der Waals surface area (Å²) in [5.41, 5.74) is -0.683. The van der Waals surface area contributed by atoms with Gasteiger partial charge in [0.15, 0.2) is 11.5 Å². The highest BCUT2D eigenvalue weighted by Crippen LogP contribution is 2.38. The molecule has 3 amide bonds. The molecule has 0 saturated carbocycles. The first-order valence-corrected chi connectivity index (χ1v) is 8.13. The minimum absolute atomic E-state index is 0.00177. The third-order valence-electron chi connectivity index (χ3n) is 4.59. The second-order valence-corrected chi connectivity index (χ2v) is 6.27. The van der Waals surface area contributed by atoms with Crippen molar-refractivity contribution in [2.24, 2.45) is 0 Å². The second kappa shape index (κ2) is 6.04. The lowest BCUT2D eigenvalue weighted by molar-refractivity contribution is -0.131. The smallest absolute Gasteiger partial charge is 0.373 e. The number of imide groups is 1. The number of hydrogen-bond donors (Lipinski definition) is 1. The van der Waals surface area contributed by atoms with Gasteiger partial charge in [0.05, 0.1) is 13.7 Å². The molecule has 1 atom stereocenters. The van der Waals surface area contributed by atoms with Gasteiger partial charge in [-0.15, -0.1) is 0 Å². The molecule has 9 nitrogen and oxygen atoms in total. The van der Waals surface area contributed by atoms with Gasteiger partial charge in [-0.2, -0.15) is 0 Å². The van der Waals surface area contributed by atoms with E-state index in [2.05, 4.69) is 10.1 Å². The summed E-state index contributed by atoms with van der Waals surface area (Å²) in [6.07, 6.45) is 0. The molecule has 1 N–H and O–H groups in total. The Morgan fingerprint density at radius 1 is 1.22 bits per heavy atom. The largest absolute Gasteiger partial charge is 0.463 e. The zero-order valence-electron chi connectivity index (χ0n) is 14.6. The molecule has 1 aromatic heterocycles. The lowest BCUT2D eigenvalue weighted by atomic mass is 9.91. The molecule has 0 bridgehead atoms. The normalized spacial score (nSPS) is 20.7. The molecule has 1 aromatic carbocycles. The summed E-state index contributed by atoms with van der Waals surface area (Å²) in [6, 6.07) is 7.46. The van der Waals surface area contributed by atoms with Crippen LogP contribution in [-0.4, -0.2) is 36.7 Å². The molecule has 0 unspecified atom stereocenters. The number of nitrogens with one attached hydrogen (secondary N) is 1. The van der Waals surface area contributed by atoms with E-state index in [9.17, 15) is 14.4 Å². The van der Waals surface area contributed by atoms with Gasteiger partial charge in [0.2, 0.25) is 12.6 Å². The standard InChI is InChI=1S/C18H16N2O7/c1-18(10-3-5-12-14(7-10)26-9-25-12)16(22)20(17(23)19-18)8-11-4-6-13(27-11)15(21)24-2/h3-7H,8-9H2,1-2H3,(H,19,23)/t18-/m1/s1. The predicted molar refractivity (Wildman–Crippen MR) is 89.0 cm³/mol. The van der Waals surface area contributed by atoms with Crippen LogP contribution in [0, 0.1) is 0 Å². The molecule has 0 spiro atoms. The van der Waals surface area contributed by atoms with Crippen LogP contribution in [0.3, 0.4) is 0 Å². The number of urea groups is 1. The van der Waals surface area contributed by atoms with E-state index in [-0.39, 0.29) is 24.9 Å². The average Bonchev–Trinajstić information content (AvgIpc) is 3.36. The molecule has 9 heteroatoms. The number of methoxy groups -OCH3 is 1. The van der Waals surface area contributed by atoms with Gasteiger partial charge in [-0.3, -0.25) is 9.69 Å². The molecule has 0 aliphatic carbocycles. The monoisotopic (exact) mass is 372 g/mol. The molecular formula is C18H16N2O7. The van der Waals surface area contributed by atoms with Gasteiger partial charge < -0.3 is 23.9 Å². The molecule has 1 fully saturated rings. The van der Waals surface area contributed by atoms with Gasteiger partial charge in [-0.05, 0) is 36.8 Å². The van der Waals surface area contributed by atoms with E-state index in [4.69, 9.17) is 13.9 Å². The van der Waals surface area contributed by atoms with Crippen molar-refractivity contribution in [1.82, 2.24) is 10.2 Å². The summed E-state index contributed by atoms with van der Waals surface area (Å²) >= 11 is 0. The summed E-state index contributed by atoms with van der Waals surface area (Å²) in [5.74, 6) is 0.308. The highest BCUT2D eigenvalue weighted by atomic mass is 16.7. The molecule has 3 heterocycles. The minimum atomic E-state index is -1.25. The van der Waals surface area contributed by atoms with E-state index >= 15 is 0 Å². The van der Waals surface area contributed by atoms with Crippen LogP contribution in [0.5, 0.6) is 11.5 Å². The van der Waals surface area contributed by atoms with Crippen molar-refractivity contribution in [3.05, 3.63) is 47.4 Å². The Hall–Kier alpha value is -3.49.